The van der Waals surface area contributed by atoms with Gasteiger partial charge in [0.05, 0.1) is 23.1 Å². The Bertz CT molecular complexity index is 368. The standard InChI is InChI=1S/C10H16N2O3S2/c1-7-9(16-3)17-10(11-7)12-8(13)6-15-5-4-14-2/h4-6H2,1-3H3,(H,11,12,13). The van der Waals surface area contributed by atoms with Gasteiger partial charge in [-0.2, -0.15) is 0 Å². The normalized spacial score (nSPS) is 10.5. The molecule has 7 heteroatoms. The Labute approximate surface area is 109 Å². The van der Waals surface area contributed by atoms with Crippen LogP contribution in [0.25, 0.3) is 0 Å². The maximum atomic E-state index is 11.5. The zero-order chi connectivity index (χ0) is 12.7. The van der Waals surface area contributed by atoms with E-state index in [1.807, 2.05) is 13.2 Å². The van der Waals surface area contributed by atoms with E-state index in [4.69, 9.17) is 9.47 Å². The van der Waals surface area contributed by atoms with Crippen LogP contribution >= 0.6 is 23.1 Å². The lowest BCUT2D eigenvalue weighted by Gasteiger charge is -2.02. The first-order valence-corrected chi connectivity index (χ1v) is 7.09. The molecule has 0 aliphatic rings. The number of nitrogens with zero attached hydrogens (tertiary/aromatic N) is 1. The van der Waals surface area contributed by atoms with Crippen LogP contribution in [0.15, 0.2) is 4.21 Å². The summed E-state index contributed by atoms with van der Waals surface area (Å²) >= 11 is 3.10. The van der Waals surface area contributed by atoms with Crippen LogP contribution in [-0.2, 0) is 14.3 Å². The molecule has 0 spiro atoms. The monoisotopic (exact) mass is 276 g/mol. The van der Waals surface area contributed by atoms with Gasteiger partial charge in [0.2, 0.25) is 0 Å². The minimum atomic E-state index is -0.192. The number of rotatable bonds is 7. The highest BCUT2D eigenvalue weighted by molar-refractivity contribution is 8.00. The Balaban J connectivity index is 2.34. The minimum Gasteiger partial charge on any atom is -0.382 e. The molecule has 0 aliphatic carbocycles. The number of hydrogen-bond donors (Lipinski definition) is 1. The van der Waals surface area contributed by atoms with E-state index in [1.165, 1.54) is 11.3 Å². The van der Waals surface area contributed by atoms with Crippen molar-refractivity contribution in [3.8, 4) is 0 Å². The summed E-state index contributed by atoms with van der Waals surface area (Å²) in [5.74, 6) is -0.192. The van der Waals surface area contributed by atoms with E-state index in [0.717, 1.165) is 9.90 Å². The average molecular weight is 276 g/mol. The summed E-state index contributed by atoms with van der Waals surface area (Å²) in [6.07, 6.45) is 1.99. The predicted octanol–water partition coefficient (Wildman–Crippen LogP) is 1.77. The molecule has 0 bridgehead atoms. The van der Waals surface area contributed by atoms with E-state index in [2.05, 4.69) is 10.3 Å². The lowest BCUT2D eigenvalue weighted by Crippen LogP contribution is -2.19. The highest BCUT2D eigenvalue weighted by Gasteiger charge is 2.09. The summed E-state index contributed by atoms with van der Waals surface area (Å²) in [6.45, 7) is 2.85. The number of thiazole rings is 1. The molecule has 1 aromatic rings. The fraction of sp³-hybridized carbons (Fsp3) is 0.600. The molecule has 96 valence electrons. The summed E-state index contributed by atoms with van der Waals surface area (Å²) in [5, 5.41) is 3.32. The molecule has 1 heterocycles. The number of carbonyl (C=O) groups excluding carboxylic acids is 1. The first kappa shape index (κ1) is 14.4. The van der Waals surface area contributed by atoms with Gasteiger partial charge in [-0.1, -0.05) is 11.3 Å². The van der Waals surface area contributed by atoms with E-state index >= 15 is 0 Å². The van der Waals surface area contributed by atoms with Gasteiger partial charge in [0, 0.05) is 7.11 Å². The zero-order valence-electron chi connectivity index (χ0n) is 10.1. The average Bonchev–Trinajstić information content (AvgIpc) is 2.65. The third-order valence-corrected chi connectivity index (χ3v) is 4.13. The van der Waals surface area contributed by atoms with Crippen molar-refractivity contribution in [3.05, 3.63) is 5.69 Å². The molecule has 0 unspecified atom stereocenters. The first-order valence-electron chi connectivity index (χ1n) is 5.05. The molecule has 1 N–H and O–H groups in total. The van der Waals surface area contributed by atoms with Gasteiger partial charge in [-0.25, -0.2) is 4.98 Å². The topological polar surface area (TPSA) is 60.5 Å². The minimum absolute atomic E-state index is 0.0244. The fourth-order valence-corrected chi connectivity index (χ4v) is 2.72. The maximum Gasteiger partial charge on any atom is 0.252 e. The summed E-state index contributed by atoms with van der Waals surface area (Å²) < 4.78 is 11.0. The molecule has 5 nitrogen and oxygen atoms in total. The quantitative estimate of drug-likeness (QED) is 0.607. The zero-order valence-corrected chi connectivity index (χ0v) is 11.7. The first-order chi connectivity index (χ1) is 8.17. The van der Waals surface area contributed by atoms with Crippen molar-refractivity contribution in [2.24, 2.45) is 0 Å². The lowest BCUT2D eigenvalue weighted by molar-refractivity contribution is -0.121. The van der Waals surface area contributed by atoms with Crippen LogP contribution in [0.2, 0.25) is 0 Å². The van der Waals surface area contributed by atoms with Crippen LogP contribution in [0.3, 0.4) is 0 Å². The number of aromatic nitrogens is 1. The smallest absolute Gasteiger partial charge is 0.252 e. The summed E-state index contributed by atoms with van der Waals surface area (Å²) in [5.41, 5.74) is 0.943. The SMILES string of the molecule is COCCOCC(=O)Nc1nc(C)c(SC)s1. The maximum absolute atomic E-state index is 11.5. The van der Waals surface area contributed by atoms with Gasteiger partial charge in [0.1, 0.15) is 6.61 Å². The Morgan fingerprint density at radius 1 is 1.53 bits per heavy atom. The van der Waals surface area contributed by atoms with Crippen molar-refractivity contribution in [1.82, 2.24) is 4.98 Å². The number of carbonyl (C=O) groups is 1. The molecular formula is C10H16N2O3S2. The number of methoxy groups -OCH3 is 1. The second-order valence-electron chi connectivity index (χ2n) is 3.19. The van der Waals surface area contributed by atoms with Gasteiger partial charge in [0.25, 0.3) is 5.91 Å². The number of hydrogen-bond acceptors (Lipinski definition) is 6. The van der Waals surface area contributed by atoms with Crippen LogP contribution in [0.5, 0.6) is 0 Å². The number of thioether (sulfide) groups is 1. The number of amides is 1. The fourth-order valence-electron chi connectivity index (χ4n) is 1.09. The Kier molecular flexibility index (Phi) is 6.49. The van der Waals surface area contributed by atoms with Crippen LogP contribution in [0.1, 0.15) is 5.69 Å². The molecule has 0 saturated carbocycles. The number of ether oxygens (including phenoxy) is 2. The van der Waals surface area contributed by atoms with Gasteiger partial charge in [-0.05, 0) is 13.2 Å². The molecule has 0 aromatic carbocycles. The molecule has 0 radical (unpaired) electrons. The second-order valence-corrected chi connectivity index (χ2v) is 5.26. The van der Waals surface area contributed by atoms with E-state index in [1.54, 1.807) is 18.9 Å². The third kappa shape index (κ3) is 5.03. The molecule has 1 amide bonds. The number of anilines is 1. The number of aryl methyl sites for hydroxylation is 1. The molecule has 0 fully saturated rings. The Hall–Kier alpha value is -0.630. The lowest BCUT2D eigenvalue weighted by atomic mass is 10.6. The highest BCUT2D eigenvalue weighted by atomic mass is 32.2. The summed E-state index contributed by atoms with van der Waals surface area (Å²) in [6, 6.07) is 0. The molecule has 17 heavy (non-hydrogen) atoms. The van der Waals surface area contributed by atoms with E-state index < -0.39 is 0 Å². The van der Waals surface area contributed by atoms with Crippen molar-refractivity contribution in [1.29, 1.82) is 0 Å². The van der Waals surface area contributed by atoms with Crippen molar-refractivity contribution >= 4 is 34.1 Å². The third-order valence-electron chi connectivity index (χ3n) is 1.85. The van der Waals surface area contributed by atoms with Crippen LogP contribution in [0, 0.1) is 6.92 Å². The van der Waals surface area contributed by atoms with Crippen molar-refractivity contribution in [2.75, 3.05) is 38.5 Å². The molecule has 1 aromatic heterocycles. The Morgan fingerprint density at radius 3 is 2.88 bits per heavy atom. The molecule has 0 atom stereocenters. The number of nitrogens with one attached hydrogen (secondary N) is 1. The molecule has 0 aliphatic heterocycles. The van der Waals surface area contributed by atoms with E-state index in [0.29, 0.717) is 18.3 Å². The highest BCUT2D eigenvalue weighted by Crippen LogP contribution is 2.30. The van der Waals surface area contributed by atoms with Crippen LogP contribution in [-0.4, -0.2) is 44.1 Å². The van der Waals surface area contributed by atoms with Crippen molar-refractivity contribution in [2.45, 2.75) is 11.1 Å². The van der Waals surface area contributed by atoms with Gasteiger partial charge in [-0.3, -0.25) is 10.1 Å². The predicted molar refractivity (Wildman–Crippen MR) is 70.0 cm³/mol. The van der Waals surface area contributed by atoms with Gasteiger partial charge in [0.15, 0.2) is 5.13 Å². The van der Waals surface area contributed by atoms with E-state index in [9.17, 15) is 4.79 Å². The van der Waals surface area contributed by atoms with Gasteiger partial charge in [-0.15, -0.1) is 11.8 Å². The summed E-state index contributed by atoms with van der Waals surface area (Å²) in [4.78, 5) is 15.7. The van der Waals surface area contributed by atoms with E-state index in [-0.39, 0.29) is 12.5 Å². The largest absolute Gasteiger partial charge is 0.382 e. The second kappa shape index (κ2) is 7.65. The molecule has 0 saturated heterocycles. The van der Waals surface area contributed by atoms with Gasteiger partial charge >= 0.3 is 0 Å². The molecular weight excluding hydrogens is 260 g/mol. The Morgan fingerprint density at radius 2 is 2.29 bits per heavy atom. The van der Waals surface area contributed by atoms with Crippen LogP contribution < -0.4 is 5.32 Å². The van der Waals surface area contributed by atoms with Gasteiger partial charge < -0.3 is 9.47 Å². The summed E-state index contributed by atoms with van der Waals surface area (Å²) in [7, 11) is 1.59. The van der Waals surface area contributed by atoms with Crippen molar-refractivity contribution in [3.63, 3.8) is 0 Å². The van der Waals surface area contributed by atoms with Crippen molar-refractivity contribution < 1.29 is 14.3 Å². The van der Waals surface area contributed by atoms with Crippen LogP contribution in [0.4, 0.5) is 5.13 Å². The molecule has 1 rings (SSSR count).